The molecule has 20 heavy (non-hydrogen) atoms. The van der Waals surface area contributed by atoms with Gasteiger partial charge in [-0.1, -0.05) is 32.4 Å². The molecule has 0 unspecified atom stereocenters. The van der Waals surface area contributed by atoms with Crippen molar-refractivity contribution in [2.45, 2.75) is 38.6 Å². The fourth-order valence-corrected chi connectivity index (χ4v) is 3.58. The number of sulfonamides is 1. The van der Waals surface area contributed by atoms with Crippen molar-refractivity contribution in [3.8, 4) is 0 Å². The van der Waals surface area contributed by atoms with Gasteiger partial charge in [0.05, 0.1) is 4.90 Å². The summed E-state index contributed by atoms with van der Waals surface area (Å²) in [5.74, 6) is -1.22. The maximum absolute atomic E-state index is 12.3. The largest absolute Gasteiger partial charge is 0.480 e. The molecule has 0 aliphatic rings. The highest BCUT2D eigenvalue weighted by molar-refractivity contribution is 7.89. The Kier molecular flexibility index (Phi) is 4.84. The summed E-state index contributed by atoms with van der Waals surface area (Å²) >= 11 is 5.79. The van der Waals surface area contributed by atoms with Crippen LogP contribution in [0.25, 0.3) is 0 Å². The van der Waals surface area contributed by atoms with Crippen molar-refractivity contribution in [1.82, 2.24) is 4.72 Å². The van der Waals surface area contributed by atoms with Crippen LogP contribution >= 0.6 is 11.6 Å². The summed E-state index contributed by atoms with van der Waals surface area (Å²) < 4.78 is 26.9. The Balaban J connectivity index is 3.20. The second-order valence-electron chi connectivity index (χ2n) is 5.67. The molecular formula is C13H18ClNO4S. The van der Waals surface area contributed by atoms with Gasteiger partial charge in [-0.15, -0.1) is 0 Å². The van der Waals surface area contributed by atoms with Crippen LogP contribution in [0.3, 0.4) is 0 Å². The molecule has 2 N–H and O–H groups in total. The minimum atomic E-state index is -3.92. The number of carboxylic acid groups (broad SMARTS) is 1. The highest BCUT2D eigenvalue weighted by Gasteiger charge is 2.35. The Labute approximate surface area is 124 Å². The molecule has 0 spiro atoms. The minimum Gasteiger partial charge on any atom is -0.480 e. The Morgan fingerprint density at radius 3 is 2.30 bits per heavy atom. The zero-order valence-electron chi connectivity index (χ0n) is 11.8. The number of carboxylic acids is 1. The van der Waals surface area contributed by atoms with E-state index < -0.39 is 27.4 Å². The number of nitrogens with one attached hydrogen (secondary N) is 1. The highest BCUT2D eigenvalue weighted by atomic mass is 35.5. The number of aliphatic carboxylic acids is 1. The van der Waals surface area contributed by atoms with Gasteiger partial charge in [0.1, 0.15) is 6.04 Å². The molecule has 0 aliphatic carbocycles. The minimum absolute atomic E-state index is 0.0254. The molecule has 0 fully saturated rings. The second-order valence-corrected chi connectivity index (χ2v) is 7.79. The molecule has 112 valence electrons. The molecule has 5 nitrogen and oxygen atoms in total. The van der Waals surface area contributed by atoms with Crippen LogP contribution in [0.4, 0.5) is 0 Å². The molecule has 1 atom stereocenters. The van der Waals surface area contributed by atoms with Crippen LogP contribution < -0.4 is 4.72 Å². The van der Waals surface area contributed by atoms with E-state index in [0.717, 1.165) is 0 Å². The van der Waals surface area contributed by atoms with Crippen LogP contribution in [0.5, 0.6) is 0 Å². The summed E-state index contributed by atoms with van der Waals surface area (Å²) in [4.78, 5) is 11.3. The third kappa shape index (κ3) is 3.94. The van der Waals surface area contributed by atoms with Crippen molar-refractivity contribution in [3.63, 3.8) is 0 Å². The van der Waals surface area contributed by atoms with Crippen LogP contribution in [-0.2, 0) is 14.8 Å². The van der Waals surface area contributed by atoms with Crippen LogP contribution in [0, 0.1) is 12.3 Å². The average Bonchev–Trinajstić information content (AvgIpc) is 2.23. The molecule has 0 saturated heterocycles. The Bertz CT molecular complexity index is 620. The number of halogens is 1. The average molecular weight is 320 g/mol. The van der Waals surface area contributed by atoms with Gasteiger partial charge >= 0.3 is 5.97 Å². The smallest absolute Gasteiger partial charge is 0.322 e. The lowest BCUT2D eigenvalue weighted by atomic mass is 9.88. The third-order valence-corrected chi connectivity index (χ3v) is 4.63. The zero-order valence-corrected chi connectivity index (χ0v) is 13.3. The zero-order chi connectivity index (χ0) is 15.7. The molecule has 0 aliphatic heterocycles. The van der Waals surface area contributed by atoms with E-state index in [-0.39, 0.29) is 4.90 Å². The second kappa shape index (κ2) is 5.71. The lowest BCUT2D eigenvalue weighted by molar-refractivity contribution is -0.141. The molecule has 0 heterocycles. The standard InChI is InChI=1S/C13H18ClNO4S/c1-8-7-9(14)5-6-10(8)20(18,19)15-11(12(16)17)13(2,3)4/h5-7,11,15H,1-4H3,(H,16,17)/t11-/m0/s1. The molecule has 1 aromatic carbocycles. The van der Waals surface area contributed by atoms with E-state index >= 15 is 0 Å². The highest BCUT2D eigenvalue weighted by Crippen LogP contribution is 2.24. The van der Waals surface area contributed by atoms with Gasteiger partial charge in [-0.25, -0.2) is 8.42 Å². The van der Waals surface area contributed by atoms with E-state index in [4.69, 9.17) is 11.6 Å². The maximum atomic E-state index is 12.3. The summed E-state index contributed by atoms with van der Waals surface area (Å²) in [6.45, 7) is 6.57. The van der Waals surface area contributed by atoms with Gasteiger partial charge in [-0.2, -0.15) is 4.72 Å². The molecule has 1 rings (SSSR count). The van der Waals surface area contributed by atoms with E-state index in [1.807, 2.05) is 0 Å². The third-order valence-electron chi connectivity index (χ3n) is 2.81. The molecule has 1 aromatic rings. The van der Waals surface area contributed by atoms with E-state index in [1.165, 1.54) is 18.2 Å². The fourth-order valence-electron chi connectivity index (χ4n) is 1.73. The van der Waals surface area contributed by atoms with Crippen molar-refractivity contribution in [2.75, 3.05) is 0 Å². The molecule has 0 amide bonds. The van der Waals surface area contributed by atoms with Gasteiger partial charge in [0.15, 0.2) is 0 Å². The van der Waals surface area contributed by atoms with Crippen molar-refractivity contribution in [2.24, 2.45) is 5.41 Å². The normalized spacial score (nSPS) is 14.1. The van der Waals surface area contributed by atoms with Gasteiger partial charge in [-0.05, 0) is 36.1 Å². The maximum Gasteiger partial charge on any atom is 0.322 e. The van der Waals surface area contributed by atoms with E-state index in [2.05, 4.69) is 4.72 Å². The fraction of sp³-hybridized carbons (Fsp3) is 0.462. The van der Waals surface area contributed by atoms with Crippen LogP contribution in [-0.4, -0.2) is 25.5 Å². The predicted molar refractivity (Wildman–Crippen MR) is 77.4 cm³/mol. The quantitative estimate of drug-likeness (QED) is 0.892. The number of hydrogen-bond donors (Lipinski definition) is 2. The molecule has 7 heteroatoms. The molecule has 0 saturated carbocycles. The van der Waals surface area contributed by atoms with Crippen molar-refractivity contribution >= 4 is 27.6 Å². The van der Waals surface area contributed by atoms with Crippen LogP contribution in [0.1, 0.15) is 26.3 Å². The van der Waals surface area contributed by atoms with Gasteiger partial charge in [0, 0.05) is 5.02 Å². The van der Waals surface area contributed by atoms with Gasteiger partial charge < -0.3 is 5.11 Å². The Morgan fingerprint density at radius 2 is 1.90 bits per heavy atom. The summed E-state index contributed by atoms with van der Waals surface area (Å²) in [5, 5.41) is 9.61. The van der Waals surface area contributed by atoms with Gasteiger partial charge in [-0.3, -0.25) is 4.79 Å². The van der Waals surface area contributed by atoms with Crippen molar-refractivity contribution in [3.05, 3.63) is 28.8 Å². The van der Waals surface area contributed by atoms with Crippen LogP contribution in [0.15, 0.2) is 23.1 Å². The van der Waals surface area contributed by atoms with E-state index in [9.17, 15) is 18.3 Å². The predicted octanol–water partition coefficient (Wildman–Crippen LogP) is 2.43. The van der Waals surface area contributed by atoms with Gasteiger partial charge in [0.25, 0.3) is 0 Å². The lowest BCUT2D eigenvalue weighted by Crippen LogP contribution is -2.49. The summed E-state index contributed by atoms with van der Waals surface area (Å²) in [6.07, 6.45) is 0. The first-order valence-corrected chi connectivity index (χ1v) is 7.82. The summed E-state index contributed by atoms with van der Waals surface area (Å²) in [5.41, 5.74) is -0.290. The number of rotatable bonds is 4. The van der Waals surface area contributed by atoms with Crippen molar-refractivity contribution in [1.29, 1.82) is 0 Å². The SMILES string of the molecule is Cc1cc(Cl)ccc1S(=O)(=O)N[C@@H](C(=O)O)C(C)(C)C. The van der Waals surface area contributed by atoms with E-state index in [1.54, 1.807) is 27.7 Å². The Hall–Kier alpha value is -1.11. The number of carbonyl (C=O) groups is 1. The molecule has 0 radical (unpaired) electrons. The number of hydrogen-bond acceptors (Lipinski definition) is 3. The molecule has 0 bridgehead atoms. The molecular weight excluding hydrogens is 302 g/mol. The van der Waals surface area contributed by atoms with E-state index in [0.29, 0.717) is 10.6 Å². The van der Waals surface area contributed by atoms with Crippen molar-refractivity contribution < 1.29 is 18.3 Å². The Morgan fingerprint density at radius 1 is 1.35 bits per heavy atom. The van der Waals surface area contributed by atoms with Gasteiger partial charge in [0.2, 0.25) is 10.0 Å². The first kappa shape index (κ1) is 16.9. The summed E-state index contributed by atoms with van der Waals surface area (Å²) in [7, 11) is -3.92. The molecule has 0 aromatic heterocycles. The topological polar surface area (TPSA) is 83.5 Å². The number of benzene rings is 1. The first-order valence-electron chi connectivity index (χ1n) is 5.96. The monoisotopic (exact) mass is 319 g/mol. The van der Waals surface area contributed by atoms with Crippen LogP contribution in [0.2, 0.25) is 5.02 Å². The summed E-state index contributed by atoms with van der Waals surface area (Å²) in [6, 6.07) is 3.11. The number of aryl methyl sites for hydroxylation is 1. The first-order chi connectivity index (χ1) is 8.95. The lowest BCUT2D eigenvalue weighted by Gasteiger charge is -2.27.